The largest absolute Gasteiger partial charge is 0.434 e. The molecular weight excluding hydrogens is 306 g/mol. The number of para-hydroxylation sites is 3. The molecule has 0 saturated heterocycles. The first-order valence-electron chi connectivity index (χ1n) is 6.81. The van der Waals surface area contributed by atoms with Gasteiger partial charge in [-0.15, -0.1) is 0 Å². The number of hydrogen-bond acceptors (Lipinski definition) is 3. The number of alkyl halides is 2. The molecule has 2 amide bonds. The number of nitrogens with one attached hydrogen (secondary N) is 1. The zero-order valence-electron chi connectivity index (χ0n) is 11.8. The van der Waals surface area contributed by atoms with Gasteiger partial charge in [-0.05, 0) is 24.3 Å². The lowest BCUT2D eigenvalue weighted by Gasteiger charge is -2.29. The molecule has 0 fully saturated rings. The summed E-state index contributed by atoms with van der Waals surface area (Å²) in [5, 5.41) is 2.66. The maximum absolute atomic E-state index is 12.7. The highest BCUT2D eigenvalue weighted by Crippen LogP contribution is 2.31. The van der Waals surface area contributed by atoms with Gasteiger partial charge in [-0.3, -0.25) is 14.5 Å². The number of fused-ring (bicyclic) bond motifs is 1. The summed E-state index contributed by atoms with van der Waals surface area (Å²) < 4.78 is 29.4. The minimum Gasteiger partial charge on any atom is -0.434 e. The average Bonchev–Trinajstić information content (AvgIpc) is 2.53. The molecule has 2 aromatic carbocycles. The molecule has 1 aliphatic heterocycles. The maximum Gasteiger partial charge on any atom is 0.387 e. The molecule has 0 saturated carbocycles. The Morgan fingerprint density at radius 1 is 1.13 bits per heavy atom. The number of carbonyl (C=O) groups is 2. The third-order valence-corrected chi connectivity index (χ3v) is 3.35. The molecular formula is C16H12F2N2O3. The van der Waals surface area contributed by atoms with Crippen LogP contribution in [0.15, 0.2) is 48.5 Å². The molecule has 0 bridgehead atoms. The summed E-state index contributed by atoms with van der Waals surface area (Å²) in [6.45, 7) is -3.24. The van der Waals surface area contributed by atoms with E-state index in [0.29, 0.717) is 11.4 Å². The van der Waals surface area contributed by atoms with Crippen LogP contribution in [0.5, 0.6) is 5.75 Å². The van der Waals surface area contributed by atoms with Gasteiger partial charge in [-0.2, -0.15) is 8.78 Å². The Kier molecular flexibility index (Phi) is 3.92. The molecule has 0 unspecified atom stereocenters. The number of anilines is 2. The molecule has 7 heteroatoms. The molecule has 3 rings (SSSR count). The Morgan fingerprint density at radius 2 is 1.83 bits per heavy atom. The lowest BCUT2D eigenvalue weighted by atomic mass is 10.1. The lowest BCUT2D eigenvalue weighted by Crippen LogP contribution is -2.42. The second-order valence-electron chi connectivity index (χ2n) is 4.83. The third kappa shape index (κ3) is 2.98. The molecule has 0 spiro atoms. The highest BCUT2D eigenvalue weighted by molar-refractivity contribution is 6.16. The monoisotopic (exact) mass is 318 g/mol. The van der Waals surface area contributed by atoms with Crippen LogP contribution in [0.2, 0.25) is 0 Å². The molecule has 118 valence electrons. The van der Waals surface area contributed by atoms with E-state index in [2.05, 4.69) is 10.1 Å². The Balaban J connectivity index is 2.00. The number of carbonyl (C=O) groups excluding carboxylic acids is 2. The van der Waals surface area contributed by atoms with Gasteiger partial charge in [0.05, 0.1) is 16.9 Å². The predicted octanol–water partition coefficient (Wildman–Crippen LogP) is 2.89. The molecule has 1 heterocycles. The van der Waals surface area contributed by atoms with Gasteiger partial charge in [0.25, 0.3) is 5.91 Å². The van der Waals surface area contributed by atoms with Crippen LogP contribution in [-0.2, 0) is 4.79 Å². The van der Waals surface area contributed by atoms with Gasteiger partial charge in [0.1, 0.15) is 12.3 Å². The van der Waals surface area contributed by atoms with Crippen LogP contribution in [0.1, 0.15) is 10.4 Å². The van der Waals surface area contributed by atoms with Crippen molar-refractivity contribution in [1.29, 1.82) is 0 Å². The molecule has 2 aromatic rings. The molecule has 0 atom stereocenters. The minimum atomic E-state index is -3.04. The third-order valence-electron chi connectivity index (χ3n) is 3.35. The first-order chi connectivity index (χ1) is 11.1. The quantitative estimate of drug-likeness (QED) is 0.946. The fourth-order valence-electron chi connectivity index (χ4n) is 2.40. The summed E-state index contributed by atoms with van der Waals surface area (Å²) in [7, 11) is 0. The maximum atomic E-state index is 12.7. The van der Waals surface area contributed by atoms with Crippen LogP contribution in [0.25, 0.3) is 0 Å². The Hall–Kier alpha value is -2.96. The molecule has 0 aliphatic carbocycles. The molecule has 1 N–H and O–H groups in total. The number of halogens is 2. The van der Waals surface area contributed by atoms with Crippen LogP contribution in [0, 0.1) is 0 Å². The topological polar surface area (TPSA) is 58.6 Å². The SMILES string of the molecule is O=C1CN(C(=O)c2ccccc2OC(F)F)c2ccccc2N1. The van der Waals surface area contributed by atoms with E-state index in [1.165, 1.54) is 23.1 Å². The first kappa shape index (κ1) is 15.0. The minimum absolute atomic E-state index is 0.0303. The molecule has 1 aliphatic rings. The smallest absolute Gasteiger partial charge is 0.387 e. The van der Waals surface area contributed by atoms with Gasteiger partial charge in [-0.25, -0.2) is 0 Å². The van der Waals surface area contributed by atoms with Gasteiger partial charge < -0.3 is 10.1 Å². The van der Waals surface area contributed by atoms with Crippen LogP contribution in [0.3, 0.4) is 0 Å². The van der Waals surface area contributed by atoms with Crippen molar-refractivity contribution in [3.63, 3.8) is 0 Å². The number of benzene rings is 2. The van der Waals surface area contributed by atoms with Crippen LogP contribution < -0.4 is 15.0 Å². The number of rotatable bonds is 3. The van der Waals surface area contributed by atoms with Crippen LogP contribution in [-0.4, -0.2) is 25.0 Å². The number of amides is 2. The van der Waals surface area contributed by atoms with Gasteiger partial charge >= 0.3 is 6.61 Å². The Morgan fingerprint density at radius 3 is 2.61 bits per heavy atom. The van der Waals surface area contributed by atoms with E-state index in [0.717, 1.165) is 0 Å². The lowest BCUT2D eigenvalue weighted by molar-refractivity contribution is -0.115. The van der Waals surface area contributed by atoms with Gasteiger partial charge in [-0.1, -0.05) is 24.3 Å². The fourth-order valence-corrected chi connectivity index (χ4v) is 2.40. The van der Waals surface area contributed by atoms with Crippen molar-refractivity contribution in [2.75, 3.05) is 16.8 Å². The molecule has 23 heavy (non-hydrogen) atoms. The molecule has 5 nitrogen and oxygen atoms in total. The highest BCUT2D eigenvalue weighted by Gasteiger charge is 2.29. The van der Waals surface area contributed by atoms with Crippen LogP contribution >= 0.6 is 0 Å². The van der Waals surface area contributed by atoms with E-state index in [9.17, 15) is 18.4 Å². The number of ether oxygens (including phenoxy) is 1. The zero-order valence-corrected chi connectivity index (χ0v) is 11.8. The standard InChI is InChI=1S/C16H12F2N2O3/c17-16(18)23-13-8-4-1-5-10(13)15(22)20-9-14(21)19-11-6-2-3-7-12(11)20/h1-8,16H,9H2,(H,19,21). The van der Waals surface area contributed by atoms with Crippen molar-refractivity contribution >= 4 is 23.2 Å². The fraction of sp³-hybridized carbons (Fsp3) is 0.125. The summed E-state index contributed by atoms with van der Waals surface area (Å²) >= 11 is 0. The van der Waals surface area contributed by atoms with Crippen molar-refractivity contribution in [2.24, 2.45) is 0 Å². The van der Waals surface area contributed by atoms with E-state index in [1.54, 1.807) is 30.3 Å². The van der Waals surface area contributed by atoms with Crippen LogP contribution in [0.4, 0.5) is 20.2 Å². The van der Waals surface area contributed by atoms with Crippen molar-refractivity contribution in [3.05, 3.63) is 54.1 Å². The summed E-state index contributed by atoms with van der Waals surface area (Å²) in [5.74, 6) is -1.16. The number of nitrogens with zero attached hydrogens (tertiary/aromatic N) is 1. The second-order valence-corrected chi connectivity index (χ2v) is 4.83. The summed E-state index contributed by atoms with van der Waals surface area (Å²) in [5.41, 5.74) is 0.964. The van der Waals surface area contributed by atoms with Crippen molar-refractivity contribution < 1.29 is 23.1 Å². The van der Waals surface area contributed by atoms with Crippen molar-refractivity contribution in [2.45, 2.75) is 6.61 Å². The summed E-state index contributed by atoms with van der Waals surface area (Å²) in [4.78, 5) is 25.7. The summed E-state index contributed by atoms with van der Waals surface area (Å²) in [6.07, 6.45) is 0. The first-order valence-corrected chi connectivity index (χ1v) is 6.81. The molecule has 0 aromatic heterocycles. The van der Waals surface area contributed by atoms with E-state index in [1.807, 2.05) is 0 Å². The Labute approximate surface area is 130 Å². The zero-order chi connectivity index (χ0) is 16.4. The molecule has 0 radical (unpaired) electrons. The van der Waals surface area contributed by atoms with Gasteiger partial charge in [0.15, 0.2) is 0 Å². The highest BCUT2D eigenvalue weighted by atomic mass is 19.3. The van der Waals surface area contributed by atoms with Crippen molar-refractivity contribution in [3.8, 4) is 5.75 Å². The van der Waals surface area contributed by atoms with Gasteiger partial charge in [0.2, 0.25) is 5.91 Å². The average molecular weight is 318 g/mol. The van der Waals surface area contributed by atoms with E-state index in [4.69, 9.17) is 0 Å². The normalized spacial score (nSPS) is 13.5. The van der Waals surface area contributed by atoms with E-state index < -0.39 is 12.5 Å². The van der Waals surface area contributed by atoms with Gasteiger partial charge in [0, 0.05) is 0 Å². The van der Waals surface area contributed by atoms with E-state index >= 15 is 0 Å². The Bertz CT molecular complexity index is 764. The second kappa shape index (κ2) is 6.04. The van der Waals surface area contributed by atoms with E-state index in [-0.39, 0.29) is 23.8 Å². The summed E-state index contributed by atoms with van der Waals surface area (Å²) in [6, 6.07) is 12.5. The number of hydrogen-bond donors (Lipinski definition) is 1. The van der Waals surface area contributed by atoms with Crippen molar-refractivity contribution in [1.82, 2.24) is 0 Å². The predicted molar refractivity (Wildman–Crippen MR) is 79.8 cm³/mol.